The highest BCUT2D eigenvalue weighted by atomic mass is 35.5. The van der Waals surface area contributed by atoms with Gasteiger partial charge in [0, 0.05) is 19.8 Å². The lowest BCUT2D eigenvalue weighted by molar-refractivity contribution is 1.12. The molecule has 100 valence electrons. The van der Waals surface area contributed by atoms with Gasteiger partial charge in [0.15, 0.2) is 0 Å². The largest absolute Gasteiger partial charge is 0.126 e. The SMILES string of the molecule is Clc1ccc(SCCCSc2ccc(Cl)cc2)cc1. The lowest BCUT2D eigenvalue weighted by atomic mass is 10.4. The van der Waals surface area contributed by atoms with E-state index in [0.29, 0.717) is 0 Å². The Morgan fingerprint density at radius 2 is 1.00 bits per heavy atom. The van der Waals surface area contributed by atoms with Gasteiger partial charge in [0.2, 0.25) is 0 Å². The van der Waals surface area contributed by atoms with Crippen LogP contribution in [-0.4, -0.2) is 11.5 Å². The molecule has 2 rings (SSSR count). The van der Waals surface area contributed by atoms with Crippen LogP contribution in [0, 0.1) is 0 Å². The summed E-state index contributed by atoms with van der Waals surface area (Å²) in [5.41, 5.74) is 0. The number of benzene rings is 2. The number of hydrogen-bond donors (Lipinski definition) is 0. The summed E-state index contributed by atoms with van der Waals surface area (Å²) in [4.78, 5) is 2.56. The van der Waals surface area contributed by atoms with E-state index in [9.17, 15) is 0 Å². The average molecular weight is 329 g/mol. The second kappa shape index (κ2) is 8.11. The van der Waals surface area contributed by atoms with Crippen LogP contribution in [0.25, 0.3) is 0 Å². The van der Waals surface area contributed by atoms with Gasteiger partial charge in [-0.15, -0.1) is 23.5 Å². The Balaban J connectivity index is 1.64. The second-order valence-corrected chi connectivity index (χ2v) is 7.17. The maximum absolute atomic E-state index is 5.85. The minimum Gasteiger partial charge on any atom is -0.126 e. The van der Waals surface area contributed by atoms with Gasteiger partial charge in [-0.2, -0.15) is 0 Å². The first-order valence-electron chi connectivity index (χ1n) is 6.01. The van der Waals surface area contributed by atoms with Crippen LogP contribution in [0.4, 0.5) is 0 Å². The number of hydrogen-bond acceptors (Lipinski definition) is 2. The maximum Gasteiger partial charge on any atom is 0.0406 e. The van der Waals surface area contributed by atoms with E-state index in [1.807, 2.05) is 47.8 Å². The molecule has 0 bridgehead atoms. The molecule has 0 aliphatic carbocycles. The predicted octanol–water partition coefficient (Wildman–Crippen LogP) is 6.27. The standard InChI is InChI=1S/C15H14Cl2S2/c16-12-2-6-14(7-3-12)18-10-1-11-19-15-8-4-13(17)5-9-15/h2-9H,1,10-11H2. The Hall–Kier alpha value is -0.280. The van der Waals surface area contributed by atoms with Crippen LogP contribution >= 0.6 is 46.7 Å². The summed E-state index contributed by atoms with van der Waals surface area (Å²) >= 11 is 15.5. The number of thioether (sulfide) groups is 2. The molecule has 0 N–H and O–H groups in total. The van der Waals surface area contributed by atoms with Crippen molar-refractivity contribution in [1.82, 2.24) is 0 Å². The summed E-state index contributed by atoms with van der Waals surface area (Å²) in [6, 6.07) is 16.0. The molecule has 4 heteroatoms. The Morgan fingerprint density at radius 1 is 0.632 bits per heavy atom. The molecule has 0 atom stereocenters. The molecule has 0 saturated carbocycles. The van der Waals surface area contributed by atoms with Crippen LogP contribution in [-0.2, 0) is 0 Å². The van der Waals surface area contributed by atoms with Gasteiger partial charge in [-0.3, -0.25) is 0 Å². The van der Waals surface area contributed by atoms with Gasteiger partial charge in [0.1, 0.15) is 0 Å². The molecule has 0 nitrogen and oxygen atoms in total. The topological polar surface area (TPSA) is 0 Å². The van der Waals surface area contributed by atoms with E-state index in [1.54, 1.807) is 0 Å². The normalized spacial score (nSPS) is 10.6. The molecule has 0 unspecified atom stereocenters. The smallest absolute Gasteiger partial charge is 0.0406 e. The van der Waals surface area contributed by atoms with Crippen molar-refractivity contribution in [2.24, 2.45) is 0 Å². The van der Waals surface area contributed by atoms with E-state index < -0.39 is 0 Å². The summed E-state index contributed by atoms with van der Waals surface area (Å²) in [6.07, 6.45) is 1.18. The number of halogens is 2. The van der Waals surface area contributed by atoms with Crippen molar-refractivity contribution < 1.29 is 0 Å². The van der Waals surface area contributed by atoms with E-state index in [1.165, 1.54) is 16.2 Å². The third-order valence-corrected chi connectivity index (χ3v) is 5.15. The summed E-state index contributed by atoms with van der Waals surface area (Å²) in [7, 11) is 0. The first-order valence-corrected chi connectivity index (χ1v) is 8.73. The zero-order valence-electron chi connectivity index (χ0n) is 10.3. The van der Waals surface area contributed by atoms with Crippen molar-refractivity contribution in [1.29, 1.82) is 0 Å². The van der Waals surface area contributed by atoms with Gasteiger partial charge in [0.05, 0.1) is 0 Å². The summed E-state index contributed by atoms with van der Waals surface area (Å²) < 4.78 is 0. The number of rotatable bonds is 6. The van der Waals surface area contributed by atoms with Crippen LogP contribution < -0.4 is 0 Å². The molecular formula is C15H14Cl2S2. The van der Waals surface area contributed by atoms with Gasteiger partial charge >= 0.3 is 0 Å². The quantitative estimate of drug-likeness (QED) is 0.452. The molecule has 0 aliphatic heterocycles. The monoisotopic (exact) mass is 328 g/mol. The Morgan fingerprint density at radius 3 is 1.37 bits per heavy atom. The van der Waals surface area contributed by atoms with Crippen molar-refractivity contribution in [3.8, 4) is 0 Å². The highest BCUT2D eigenvalue weighted by molar-refractivity contribution is 8.00. The maximum atomic E-state index is 5.85. The summed E-state index contributed by atoms with van der Waals surface area (Å²) in [6.45, 7) is 0. The first kappa shape index (κ1) is 15.1. The molecule has 0 fully saturated rings. The highest BCUT2D eigenvalue weighted by Gasteiger charge is 1.97. The molecule has 0 radical (unpaired) electrons. The molecule has 19 heavy (non-hydrogen) atoms. The fourth-order valence-corrected chi connectivity index (χ4v) is 3.64. The van der Waals surface area contributed by atoms with Crippen LogP contribution in [0.15, 0.2) is 58.3 Å². The van der Waals surface area contributed by atoms with Crippen molar-refractivity contribution in [3.05, 3.63) is 58.6 Å². The van der Waals surface area contributed by atoms with Crippen molar-refractivity contribution in [2.45, 2.75) is 16.2 Å². The third-order valence-electron chi connectivity index (χ3n) is 2.45. The van der Waals surface area contributed by atoms with Gasteiger partial charge in [-0.25, -0.2) is 0 Å². The summed E-state index contributed by atoms with van der Waals surface area (Å²) in [5.74, 6) is 2.25. The van der Waals surface area contributed by atoms with Crippen LogP contribution in [0.3, 0.4) is 0 Å². The molecule has 2 aromatic carbocycles. The van der Waals surface area contributed by atoms with Crippen LogP contribution in [0.2, 0.25) is 10.0 Å². The van der Waals surface area contributed by atoms with E-state index in [-0.39, 0.29) is 0 Å². The zero-order valence-corrected chi connectivity index (χ0v) is 13.5. The fraction of sp³-hybridized carbons (Fsp3) is 0.200. The fourth-order valence-electron chi connectivity index (χ4n) is 1.50. The van der Waals surface area contributed by atoms with E-state index in [0.717, 1.165) is 21.6 Å². The Labute approximate surface area is 132 Å². The second-order valence-electron chi connectivity index (χ2n) is 3.96. The van der Waals surface area contributed by atoms with Gasteiger partial charge < -0.3 is 0 Å². The van der Waals surface area contributed by atoms with Crippen molar-refractivity contribution in [3.63, 3.8) is 0 Å². The van der Waals surface area contributed by atoms with Gasteiger partial charge in [-0.05, 0) is 66.5 Å². The average Bonchev–Trinajstić information content (AvgIpc) is 2.43. The Bertz CT molecular complexity index is 447. The minimum atomic E-state index is 0.794. The van der Waals surface area contributed by atoms with E-state index in [4.69, 9.17) is 23.2 Å². The van der Waals surface area contributed by atoms with E-state index >= 15 is 0 Å². The van der Waals surface area contributed by atoms with Crippen molar-refractivity contribution in [2.75, 3.05) is 11.5 Å². The lowest BCUT2D eigenvalue weighted by Crippen LogP contribution is -1.84. The van der Waals surface area contributed by atoms with Crippen molar-refractivity contribution >= 4 is 46.7 Å². The minimum absolute atomic E-state index is 0.794. The Kier molecular flexibility index (Phi) is 6.45. The molecule has 0 spiro atoms. The van der Waals surface area contributed by atoms with Gasteiger partial charge in [0.25, 0.3) is 0 Å². The molecule has 0 heterocycles. The predicted molar refractivity (Wildman–Crippen MR) is 89.0 cm³/mol. The molecule has 0 amide bonds. The zero-order chi connectivity index (χ0) is 13.5. The van der Waals surface area contributed by atoms with Gasteiger partial charge in [-0.1, -0.05) is 23.2 Å². The van der Waals surface area contributed by atoms with Crippen LogP contribution in [0.1, 0.15) is 6.42 Å². The highest BCUT2D eigenvalue weighted by Crippen LogP contribution is 2.24. The lowest BCUT2D eigenvalue weighted by Gasteiger charge is -2.03. The summed E-state index contributed by atoms with van der Waals surface area (Å²) in [5, 5.41) is 1.59. The third kappa shape index (κ3) is 5.70. The molecule has 2 aromatic rings. The molecule has 0 aliphatic rings. The van der Waals surface area contributed by atoms with E-state index in [2.05, 4.69) is 24.3 Å². The molecule has 0 aromatic heterocycles. The molecular weight excluding hydrogens is 315 g/mol. The van der Waals surface area contributed by atoms with Crippen LogP contribution in [0.5, 0.6) is 0 Å². The first-order chi connectivity index (χ1) is 9.24. The molecule has 0 saturated heterocycles.